The molecule has 0 aliphatic heterocycles. The van der Waals surface area contributed by atoms with E-state index in [1.807, 2.05) is 114 Å². The highest BCUT2D eigenvalue weighted by Gasteiger charge is 2.37. The summed E-state index contributed by atoms with van der Waals surface area (Å²) in [4.78, 5) is 56.1. The van der Waals surface area contributed by atoms with Crippen LogP contribution in [0.15, 0.2) is 79.0 Å². The number of aromatic nitrogens is 1. The molecule has 12 nitrogen and oxygen atoms in total. The highest BCUT2D eigenvalue weighted by Crippen LogP contribution is 2.22. The minimum absolute atomic E-state index is 0.0902. The molecular weight excluding hydrogens is 636 g/mol. The van der Waals surface area contributed by atoms with Crippen LogP contribution in [-0.4, -0.2) is 76.8 Å². The van der Waals surface area contributed by atoms with Crippen LogP contribution >= 0.6 is 0 Å². The zero-order valence-corrected chi connectivity index (χ0v) is 30.3. The number of methoxy groups -OCH3 is 1. The van der Waals surface area contributed by atoms with Crippen LogP contribution in [0.1, 0.15) is 59.6 Å². The van der Waals surface area contributed by atoms with Crippen LogP contribution < -0.4 is 21.4 Å². The van der Waals surface area contributed by atoms with Crippen molar-refractivity contribution in [2.24, 2.45) is 10.8 Å². The Labute approximate surface area is 295 Å². The maximum Gasteiger partial charge on any atom is 0.407 e. The predicted octanol–water partition coefficient (Wildman–Crippen LogP) is 3.99. The number of alkyl carbamates (subject to hydrolysis) is 1. The quantitative estimate of drug-likeness (QED) is 0.159. The first-order chi connectivity index (χ1) is 23.5. The van der Waals surface area contributed by atoms with E-state index in [1.54, 1.807) is 11.2 Å². The van der Waals surface area contributed by atoms with Crippen molar-refractivity contribution in [3.63, 3.8) is 0 Å². The first-order valence-electron chi connectivity index (χ1n) is 16.7. The first kappa shape index (κ1) is 39.6. The molecule has 0 spiro atoms. The number of rotatable bonds is 14. The molecule has 4 amide bonds. The highest BCUT2D eigenvalue weighted by atomic mass is 16.5. The van der Waals surface area contributed by atoms with Crippen LogP contribution in [0.5, 0.6) is 0 Å². The summed E-state index contributed by atoms with van der Waals surface area (Å²) in [5.74, 6) is -1.30. The Morgan fingerprint density at radius 2 is 1.38 bits per heavy atom. The van der Waals surface area contributed by atoms with Gasteiger partial charge in [-0.05, 0) is 40.5 Å². The molecule has 0 saturated heterocycles. The van der Waals surface area contributed by atoms with Crippen molar-refractivity contribution in [3.05, 3.63) is 90.1 Å². The van der Waals surface area contributed by atoms with Gasteiger partial charge in [-0.1, -0.05) is 102 Å². The third-order valence-corrected chi connectivity index (χ3v) is 8.11. The summed E-state index contributed by atoms with van der Waals surface area (Å²) in [5, 5.41) is 21.7. The van der Waals surface area contributed by atoms with Gasteiger partial charge >= 0.3 is 6.09 Å². The largest absolute Gasteiger partial charge is 0.453 e. The SMILES string of the molecule is COC(=O)N[C@H](C(=O)N[C@@H](Cc1ccccc1)[C@@H](O)CN(Cc1ccc(-c2ccccn2)cc1)NC(=O)[C@@H](NC(C)=O)C(C)(C)C)C(C)(C)C. The monoisotopic (exact) mass is 688 g/mol. The van der Waals surface area contributed by atoms with Crippen LogP contribution in [0, 0.1) is 10.8 Å². The molecule has 0 aliphatic rings. The van der Waals surface area contributed by atoms with Crippen LogP contribution in [0.25, 0.3) is 11.3 Å². The second-order valence-electron chi connectivity index (χ2n) is 14.6. The van der Waals surface area contributed by atoms with Gasteiger partial charge in [-0.15, -0.1) is 0 Å². The molecule has 5 N–H and O–H groups in total. The van der Waals surface area contributed by atoms with Crippen LogP contribution in [-0.2, 0) is 32.1 Å². The average Bonchev–Trinajstić information content (AvgIpc) is 3.05. The number of aliphatic hydroxyl groups is 1. The molecule has 3 rings (SSSR count). The standard InChI is InChI=1S/C38H52N6O6/c1-25(45)40-33(38(5,6)7)35(48)43-44(23-27-17-19-28(20-18-27)29-16-12-13-21-39-29)24-31(46)30(22-26-14-10-9-11-15-26)41-34(47)32(37(2,3)4)42-36(49)50-8/h9-21,30-33,46H,22-24H2,1-8H3,(H,40,45)(H,41,47)(H,42,49)(H,43,48)/t30-,31-,32+,33+/m0/s1. The summed E-state index contributed by atoms with van der Waals surface area (Å²) in [6.45, 7) is 12.4. The number of hydrazine groups is 1. The lowest BCUT2D eigenvalue weighted by atomic mass is 9.85. The topological polar surface area (TPSA) is 162 Å². The molecule has 4 atom stereocenters. The van der Waals surface area contributed by atoms with Gasteiger partial charge in [-0.25, -0.2) is 9.80 Å². The van der Waals surface area contributed by atoms with E-state index >= 15 is 0 Å². The number of hydrogen-bond donors (Lipinski definition) is 5. The van der Waals surface area contributed by atoms with E-state index in [-0.39, 0.29) is 25.4 Å². The fourth-order valence-corrected chi connectivity index (χ4v) is 5.41. The average molecular weight is 689 g/mol. The van der Waals surface area contributed by atoms with Gasteiger partial charge in [0, 0.05) is 31.8 Å². The maximum absolute atomic E-state index is 13.7. The summed E-state index contributed by atoms with van der Waals surface area (Å²) in [6, 6.07) is 20.1. The van der Waals surface area contributed by atoms with Crippen LogP contribution in [0.4, 0.5) is 4.79 Å². The van der Waals surface area contributed by atoms with Crippen molar-refractivity contribution in [3.8, 4) is 11.3 Å². The third-order valence-electron chi connectivity index (χ3n) is 8.11. The van der Waals surface area contributed by atoms with Gasteiger partial charge in [0.05, 0.1) is 24.9 Å². The highest BCUT2D eigenvalue weighted by molar-refractivity contribution is 5.87. The molecule has 0 aliphatic carbocycles. The van der Waals surface area contributed by atoms with E-state index in [9.17, 15) is 24.3 Å². The van der Waals surface area contributed by atoms with Crippen LogP contribution in [0.3, 0.4) is 0 Å². The number of carbonyl (C=O) groups excluding carboxylic acids is 4. The summed E-state index contributed by atoms with van der Waals surface area (Å²) < 4.78 is 4.76. The minimum atomic E-state index is -1.19. The molecule has 2 aromatic carbocycles. The number of nitrogens with one attached hydrogen (secondary N) is 4. The smallest absolute Gasteiger partial charge is 0.407 e. The van der Waals surface area contributed by atoms with Crippen molar-refractivity contribution in [1.82, 2.24) is 31.4 Å². The lowest BCUT2D eigenvalue weighted by Gasteiger charge is -2.36. The van der Waals surface area contributed by atoms with E-state index in [0.717, 1.165) is 22.4 Å². The number of ether oxygens (including phenoxy) is 1. The molecule has 0 radical (unpaired) electrons. The van der Waals surface area contributed by atoms with E-state index in [2.05, 4.69) is 26.4 Å². The van der Waals surface area contributed by atoms with Gasteiger partial charge in [0.25, 0.3) is 5.91 Å². The van der Waals surface area contributed by atoms with E-state index in [0.29, 0.717) is 0 Å². The number of pyridine rings is 1. The molecule has 1 heterocycles. The molecule has 0 saturated carbocycles. The lowest BCUT2D eigenvalue weighted by Crippen LogP contribution is -2.60. The number of amides is 4. The Hall–Kier alpha value is -4.81. The molecule has 1 aromatic heterocycles. The van der Waals surface area contributed by atoms with Gasteiger partial charge in [-0.3, -0.25) is 24.8 Å². The van der Waals surface area contributed by atoms with Gasteiger partial charge in [-0.2, -0.15) is 0 Å². The fraction of sp³-hybridized carbons (Fsp3) is 0.447. The third kappa shape index (κ3) is 12.3. The zero-order valence-electron chi connectivity index (χ0n) is 30.3. The summed E-state index contributed by atoms with van der Waals surface area (Å²) >= 11 is 0. The molecule has 50 heavy (non-hydrogen) atoms. The van der Waals surface area contributed by atoms with E-state index in [1.165, 1.54) is 14.0 Å². The van der Waals surface area contributed by atoms with Gasteiger partial charge in [0.15, 0.2) is 0 Å². The summed E-state index contributed by atoms with van der Waals surface area (Å²) in [7, 11) is 1.22. The Morgan fingerprint density at radius 3 is 1.92 bits per heavy atom. The molecule has 0 bridgehead atoms. The van der Waals surface area contributed by atoms with E-state index < -0.39 is 53.0 Å². The predicted molar refractivity (Wildman–Crippen MR) is 192 cm³/mol. The molecule has 0 unspecified atom stereocenters. The zero-order chi connectivity index (χ0) is 37.1. The van der Waals surface area contributed by atoms with Crippen molar-refractivity contribution in [2.75, 3.05) is 13.7 Å². The molecule has 3 aromatic rings. The van der Waals surface area contributed by atoms with Gasteiger partial charge in [0.2, 0.25) is 11.8 Å². The van der Waals surface area contributed by atoms with Crippen LogP contribution in [0.2, 0.25) is 0 Å². The van der Waals surface area contributed by atoms with Gasteiger partial charge in [0.1, 0.15) is 12.1 Å². The first-order valence-corrected chi connectivity index (χ1v) is 16.7. The number of hydrogen-bond acceptors (Lipinski definition) is 8. The van der Waals surface area contributed by atoms with Gasteiger partial charge < -0.3 is 25.8 Å². The summed E-state index contributed by atoms with van der Waals surface area (Å²) in [6.07, 6.45) is 0.0400. The molecular formula is C38H52N6O6. The maximum atomic E-state index is 13.7. The number of benzene rings is 2. The Balaban J connectivity index is 1.95. The Morgan fingerprint density at radius 1 is 0.780 bits per heavy atom. The van der Waals surface area contributed by atoms with Crippen molar-refractivity contribution in [1.29, 1.82) is 0 Å². The normalized spacial score (nSPS) is 14.1. The molecule has 270 valence electrons. The number of carbonyl (C=O) groups is 4. The second kappa shape index (κ2) is 17.7. The number of nitrogens with zero attached hydrogens (tertiary/aromatic N) is 2. The molecule has 0 fully saturated rings. The Kier molecular flexibility index (Phi) is 14.0. The summed E-state index contributed by atoms with van der Waals surface area (Å²) in [5.41, 5.74) is 5.06. The lowest BCUT2D eigenvalue weighted by molar-refractivity contribution is -0.135. The van der Waals surface area contributed by atoms with Crippen molar-refractivity contribution < 1.29 is 29.0 Å². The fourth-order valence-electron chi connectivity index (χ4n) is 5.41. The minimum Gasteiger partial charge on any atom is -0.453 e. The van der Waals surface area contributed by atoms with Crippen molar-refractivity contribution in [2.45, 2.75) is 85.7 Å². The molecule has 12 heteroatoms. The Bertz CT molecular complexity index is 1550. The number of aliphatic hydroxyl groups excluding tert-OH is 1. The van der Waals surface area contributed by atoms with E-state index in [4.69, 9.17) is 4.74 Å². The second-order valence-corrected chi connectivity index (χ2v) is 14.6. The van der Waals surface area contributed by atoms with Crippen molar-refractivity contribution >= 4 is 23.8 Å².